The van der Waals surface area contributed by atoms with E-state index in [0.717, 1.165) is 14.2 Å². The van der Waals surface area contributed by atoms with Gasteiger partial charge in [0.25, 0.3) is 5.91 Å². The Balaban J connectivity index is 2.13. The molecule has 0 fully saturated rings. The number of carbonyl (C=O) groups excluding carboxylic acids is 1. The molecule has 0 bridgehead atoms. The topological polar surface area (TPSA) is 20.3 Å². The number of amides is 1. The highest BCUT2D eigenvalue weighted by Gasteiger charge is 2.17. The quantitative estimate of drug-likeness (QED) is 0.726. The van der Waals surface area contributed by atoms with Crippen molar-refractivity contribution < 1.29 is 4.79 Å². The third kappa shape index (κ3) is 4.06. The van der Waals surface area contributed by atoms with Gasteiger partial charge in [0.2, 0.25) is 0 Å². The van der Waals surface area contributed by atoms with Crippen LogP contribution in [0.3, 0.4) is 0 Å². The highest BCUT2D eigenvalue weighted by Crippen LogP contribution is 2.23. The fourth-order valence-corrected chi connectivity index (χ4v) is 3.30. The van der Waals surface area contributed by atoms with Gasteiger partial charge in [-0.1, -0.05) is 30.3 Å². The van der Waals surface area contributed by atoms with Gasteiger partial charge >= 0.3 is 0 Å². The number of hydrogen-bond donors (Lipinski definition) is 0. The first-order valence-electron chi connectivity index (χ1n) is 5.85. The summed E-state index contributed by atoms with van der Waals surface area (Å²) in [5.41, 5.74) is 1.11. The highest BCUT2D eigenvalue weighted by molar-refractivity contribution is 9.11. The number of alkyl halides is 1. The lowest BCUT2D eigenvalue weighted by molar-refractivity contribution is 0.0758. The fraction of sp³-hybridized carbons (Fsp3) is 0.214. The van der Waals surface area contributed by atoms with Gasteiger partial charge in [-0.2, -0.15) is 0 Å². The zero-order chi connectivity index (χ0) is 13.7. The number of nitrogens with zero attached hydrogens (tertiary/aromatic N) is 1. The first-order chi connectivity index (χ1) is 9.20. The fourth-order valence-electron chi connectivity index (χ4n) is 1.74. The van der Waals surface area contributed by atoms with Crippen LogP contribution < -0.4 is 0 Å². The monoisotopic (exact) mass is 357 g/mol. The van der Waals surface area contributed by atoms with Crippen LogP contribution >= 0.6 is 38.9 Å². The minimum absolute atomic E-state index is 0.0280. The molecule has 2 rings (SSSR count). The second-order valence-corrected chi connectivity index (χ2v) is 6.85. The van der Waals surface area contributed by atoms with Crippen LogP contribution in [-0.4, -0.2) is 23.2 Å². The molecule has 0 unspecified atom stereocenters. The SMILES string of the molecule is O=C(c1ccc(Br)s1)N(CCCl)Cc1ccccc1. The van der Waals surface area contributed by atoms with Crippen LogP contribution in [0, 0.1) is 0 Å². The van der Waals surface area contributed by atoms with Gasteiger partial charge in [0.05, 0.1) is 8.66 Å². The first kappa shape index (κ1) is 14.6. The van der Waals surface area contributed by atoms with Gasteiger partial charge in [-0.25, -0.2) is 0 Å². The Bertz CT molecular complexity index is 543. The maximum atomic E-state index is 12.4. The van der Waals surface area contributed by atoms with E-state index in [2.05, 4.69) is 15.9 Å². The van der Waals surface area contributed by atoms with Gasteiger partial charge in [-0.15, -0.1) is 22.9 Å². The molecule has 0 N–H and O–H groups in total. The summed E-state index contributed by atoms with van der Waals surface area (Å²) in [5, 5.41) is 0. The van der Waals surface area contributed by atoms with Gasteiger partial charge < -0.3 is 4.90 Å². The van der Waals surface area contributed by atoms with E-state index in [1.807, 2.05) is 42.5 Å². The van der Waals surface area contributed by atoms with Crippen molar-refractivity contribution in [2.45, 2.75) is 6.54 Å². The molecule has 0 aliphatic heterocycles. The number of carbonyl (C=O) groups is 1. The Morgan fingerprint density at radius 1 is 1.21 bits per heavy atom. The Hall–Kier alpha value is -0.840. The van der Waals surface area contributed by atoms with Crippen molar-refractivity contribution >= 4 is 44.8 Å². The number of rotatable bonds is 5. The van der Waals surface area contributed by atoms with E-state index < -0.39 is 0 Å². The van der Waals surface area contributed by atoms with Crippen molar-refractivity contribution in [2.24, 2.45) is 0 Å². The predicted molar refractivity (Wildman–Crippen MR) is 83.9 cm³/mol. The minimum Gasteiger partial charge on any atom is -0.332 e. The Morgan fingerprint density at radius 3 is 2.53 bits per heavy atom. The van der Waals surface area contributed by atoms with Crippen LogP contribution in [0.4, 0.5) is 0 Å². The third-order valence-electron chi connectivity index (χ3n) is 2.64. The van der Waals surface area contributed by atoms with E-state index in [0.29, 0.717) is 19.0 Å². The van der Waals surface area contributed by atoms with Crippen LogP contribution in [0.1, 0.15) is 15.2 Å². The molecule has 2 aromatic rings. The van der Waals surface area contributed by atoms with Crippen molar-refractivity contribution in [3.05, 3.63) is 56.7 Å². The van der Waals surface area contributed by atoms with E-state index in [9.17, 15) is 4.79 Å². The maximum absolute atomic E-state index is 12.4. The van der Waals surface area contributed by atoms with Crippen LogP contribution in [-0.2, 0) is 6.54 Å². The van der Waals surface area contributed by atoms with E-state index in [1.54, 1.807) is 4.90 Å². The van der Waals surface area contributed by atoms with Gasteiger partial charge in [-0.05, 0) is 33.6 Å². The molecule has 1 heterocycles. The normalized spacial score (nSPS) is 10.4. The molecule has 0 radical (unpaired) electrons. The molecule has 0 atom stereocenters. The average Bonchev–Trinajstić information content (AvgIpc) is 2.85. The summed E-state index contributed by atoms with van der Waals surface area (Å²) < 4.78 is 0.960. The molecule has 0 aliphatic rings. The van der Waals surface area contributed by atoms with Crippen molar-refractivity contribution in [1.29, 1.82) is 0 Å². The molecule has 100 valence electrons. The third-order valence-corrected chi connectivity index (χ3v) is 4.42. The number of hydrogen-bond acceptors (Lipinski definition) is 2. The number of thiophene rings is 1. The van der Waals surface area contributed by atoms with Gasteiger partial charge in [-0.3, -0.25) is 4.79 Å². The molecule has 1 amide bonds. The van der Waals surface area contributed by atoms with E-state index in [1.165, 1.54) is 11.3 Å². The Labute approximate surface area is 130 Å². The smallest absolute Gasteiger partial charge is 0.264 e. The van der Waals surface area contributed by atoms with E-state index >= 15 is 0 Å². The average molecular weight is 359 g/mol. The molecule has 2 nitrogen and oxygen atoms in total. The second-order valence-electron chi connectivity index (χ2n) is 4.01. The summed E-state index contributed by atoms with van der Waals surface area (Å²) >= 11 is 10.6. The molecule has 1 aromatic carbocycles. The van der Waals surface area contributed by atoms with Gasteiger partial charge in [0, 0.05) is 19.0 Å². The lowest BCUT2D eigenvalue weighted by Crippen LogP contribution is -2.31. The van der Waals surface area contributed by atoms with Crippen LogP contribution in [0.25, 0.3) is 0 Å². The van der Waals surface area contributed by atoms with Crippen molar-refractivity contribution in [2.75, 3.05) is 12.4 Å². The maximum Gasteiger partial charge on any atom is 0.264 e. The molecule has 5 heteroatoms. The molecule has 0 spiro atoms. The summed E-state index contributed by atoms with van der Waals surface area (Å²) in [4.78, 5) is 14.9. The molecule has 0 saturated heterocycles. The van der Waals surface area contributed by atoms with Crippen molar-refractivity contribution in [3.8, 4) is 0 Å². The largest absolute Gasteiger partial charge is 0.332 e. The number of halogens is 2. The van der Waals surface area contributed by atoms with Crippen molar-refractivity contribution in [3.63, 3.8) is 0 Å². The standard InChI is InChI=1S/C14H13BrClNOS/c15-13-7-6-12(19-13)14(18)17(9-8-16)10-11-4-2-1-3-5-11/h1-7H,8-10H2. The predicted octanol–water partition coefficient (Wildman–Crippen LogP) is 4.39. The van der Waals surface area contributed by atoms with Gasteiger partial charge in [0.15, 0.2) is 0 Å². The van der Waals surface area contributed by atoms with Crippen LogP contribution in [0.2, 0.25) is 0 Å². The van der Waals surface area contributed by atoms with E-state index in [-0.39, 0.29) is 5.91 Å². The molecule has 1 aromatic heterocycles. The summed E-state index contributed by atoms with van der Waals surface area (Å²) in [6.45, 7) is 1.13. The summed E-state index contributed by atoms with van der Waals surface area (Å²) in [5.74, 6) is 0.464. The van der Waals surface area contributed by atoms with Gasteiger partial charge in [0.1, 0.15) is 0 Å². The van der Waals surface area contributed by atoms with Crippen molar-refractivity contribution in [1.82, 2.24) is 4.90 Å². The zero-order valence-corrected chi connectivity index (χ0v) is 13.3. The zero-order valence-electron chi connectivity index (χ0n) is 10.2. The summed E-state index contributed by atoms with van der Waals surface area (Å²) in [6, 6.07) is 13.7. The molecule has 0 aliphatic carbocycles. The van der Waals surface area contributed by atoms with Crippen LogP contribution in [0.15, 0.2) is 46.3 Å². The Morgan fingerprint density at radius 2 is 1.95 bits per heavy atom. The summed E-state index contributed by atoms with van der Waals surface area (Å²) in [7, 11) is 0. The lowest BCUT2D eigenvalue weighted by Gasteiger charge is -2.21. The highest BCUT2D eigenvalue weighted by atomic mass is 79.9. The lowest BCUT2D eigenvalue weighted by atomic mass is 10.2. The van der Waals surface area contributed by atoms with Crippen LogP contribution in [0.5, 0.6) is 0 Å². The second kappa shape index (κ2) is 7.08. The molecule has 19 heavy (non-hydrogen) atoms. The molecular formula is C14H13BrClNOS. The molecule has 0 saturated carbocycles. The first-order valence-corrected chi connectivity index (χ1v) is 7.99. The number of benzene rings is 1. The summed E-state index contributed by atoms with van der Waals surface area (Å²) in [6.07, 6.45) is 0. The Kier molecular flexibility index (Phi) is 5.43. The molecular weight excluding hydrogens is 346 g/mol. The minimum atomic E-state index is 0.0280. The van der Waals surface area contributed by atoms with E-state index in [4.69, 9.17) is 11.6 Å².